The van der Waals surface area contributed by atoms with Crippen molar-refractivity contribution in [3.8, 4) is 0 Å². The summed E-state index contributed by atoms with van der Waals surface area (Å²) in [5, 5.41) is 0. The Labute approximate surface area is 178 Å². The third-order valence-corrected chi connectivity index (χ3v) is 5.34. The molecule has 0 aromatic heterocycles. The fourth-order valence-electron chi connectivity index (χ4n) is 3.66. The maximum atomic E-state index is 4.88. The molecule has 0 saturated heterocycles. The number of aliphatic imine (C=N–C) groups is 2. The highest BCUT2D eigenvalue weighted by molar-refractivity contribution is 5.83. The molecule has 0 atom stereocenters. The van der Waals surface area contributed by atoms with Gasteiger partial charge in [0.1, 0.15) is 0 Å². The summed E-state index contributed by atoms with van der Waals surface area (Å²) in [6.07, 6.45) is 4.74. The summed E-state index contributed by atoms with van der Waals surface area (Å²) < 4.78 is 0. The van der Waals surface area contributed by atoms with Crippen LogP contribution in [0.2, 0.25) is 0 Å². The Bertz CT molecular complexity index is 731. The molecule has 0 saturated carbocycles. The Kier molecular flexibility index (Phi) is 8.37. The molecule has 156 valence electrons. The highest BCUT2D eigenvalue weighted by atomic mass is 14.8. The molecule has 2 nitrogen and oxygen atoms in total. The average molecular weight is 391 g/mol. The van der Waals surface area contributed by atoms with Gasteiger partial charge in [-0.15, -0.1) is 0 Å². The minimum Gasteiger partial charge on any atom is -0.260 e. The van der Waals surface area contributed by atoms with Crippen molar-refractivity contribution in [1.82, 2.24) is 0 Å². The van der Waals surface area contributed by atoms with Gasteiger partial charge in [-0.1, -0.05) is 91.8 Å². The lowest BCUT2D eigenvalue weighted by molar-refractivity contribution is 0.835. The van der Waals surface area contributed by atoms with E-state index < -0.39 is 0 Å². The van der Waals surface area contributed by atoms with Crippen LogP contribution in [0, 0.1) is 0 Å². The largest absolute Gasteiger partial charge is 0.260 e. The maximum absolute atomic E-state index is 4.88. The summed E-state index contributed by atoms with van der Waals surface area (Å²) in [5.74, 6) is 1.84. The van der Waals surface area contributed by atoms with E-state index in [1.807, 2.05) is 12.4 Å². The van der Waals surface area contributed by atoms with Crippen LogP contribution in [-0.2, 0) is 0 Å². The van der Waals surface area contributed by atoms with E-state index in [2.05, 4.69) is 91.8 Å². The van der Waals surface area contributed by atoms with Crippen LogP contribution in [0.3, 0.4) is 0 Å². The Morgan fingerprint density at radius 2 is 0.828 bits per heavy atom. The van der Waals surface area contributed by atoms with E-state index in [-0.39, 0.29) is 0 Å². The van der Waals surface area contributed by atoms with Gasteiger partial charge in [-0.25, -0.2) is 0 Å². The van der Waals surface area contributed by atoms with Crippen molar-refractivity contribution in [3.63, 3.8) is 0 Å². The molecular formula is C27H38N2. The maximum Gasteiger partial charge on any atom is 0.0694 e. The summed E-state index contributed by atoms with van der Waals surface area (Å²) in [6, 6.07) is 13.1. The SMILES string of the molecule is CC(C)c1cccc(C(C)C)c1/N=C/C/C=N/c1c(C(C)C)cccc1C(C)C. The van der Waals surface area contributed by atoms with E-state index in [1.54, 1.807) is 0 Å². The predicted molar refractivity (Wildman–Crippen MR) is 130 cm³/mol. The summed E-state index contributed by atoms with van der Waals surface area (Å²) >= 11 is 0. The van der Waals surface area contributed by atoms with E-state index in [0.29, 0.717) is 23.7 Å². The molecule has 0 fully saturated rings. The molecule has 2 aromatic carbocycles. The van der Waals surface area contributed by atoms with Crippen LogP contribution in [0.15, 0.2) is 46.4 Å². The lowest BCUT2D eigenvalue weighted by Gasteiger charge is -2.16. The van der Waals surface area contributed by atoms with Crippen LogP contribution in [0.5, 0.6) is 0 Å². The third kappa shape index (κ3) is 5.88. The van der Waals surface area contributed by atoms with Gasteiger partial charge in [-0.05, 0) is 45.9 Å². The fourth-order valence-corrected chi connectivity index (χ4v) is 3.66. The van der Waals surface area contributed by atoms with Crippen LogP contribution in [0.25, 0.3) is 0 Å². The van der Waals surface area contributed by atoms with Crippen LogP contribution in [-0.4, -0.2) is 12.4 Å². The number of benzene rings is 2. The molecule has 2 rings (SSSR count). The molecule has 0 unspecified atom stereocenters. The van der Waals surface area contributed by atoms with Gasteiger partial charge >= 0.3 is 0 Å². The monoisotopic (exact) mass is 390 g/mol. The summed E-state index contributed by atoms with van der Waals surface area (Å²) in [5.41, 5.74) is 7.54. The first-order valence-corrected chi connectivity index (χ1v) is 11.0. The number of para-hydroxylation sites is 2. The first-order valence-electron chi connectivity index (χ1n) is 11.0. The summed E-state index contributed by atoms with van der Waals surface area (Å²) in [7, 11) is 0. The summed E-state index contributed by atoms with van der Waals surface area (Å²) in [4.78, 5) is 9.76. The van der Waals surface area contributed by atoms with Gasteiger partial charge in [-0.2, -0.15) is 0 Å². The van der Waals surface area contributed by atoms with Gasteiger partial charge in [0.05, 0.1) is 11.4 Å². The summed E-state index contributed by atoms with van der Waals surface area (Å²) in [6.45, 7) is 17.9. The first-order chi connectivity index (χ1) is 13.7. The molecule has 0 heterocycles. The van der Waals surface area contributed by atoms with Crippen molar-refractivity contribution in [2.45, 2.75) is 85.5 Å². The quantitative estimate of drug-likeness (QED) is 0.403. The zero-order valence-electron chi connectivity index (χ0n) is 19.5. The van der Waals surface area contributed by atoms with Crippen molar-refractivity contribution >= 4 is 23.8 Å². The Morgan fingerprint density at radius 3 is 1.07 bits per heavy atom. The smallest absolute Gasteiger partial charge is 0.0694 e. The van der Waals surface area contributed by atoms with Gasteiger partial charge in [0, 0.05) is 18.9 Å². The normalized spacial score (nSPS) is 12.6. The second kappa shape index (κ2) is 10.5. The van der Waals surface area contributed by atoms with Crippen molar-refractivity contribution in [2.75, 3.05) is 0 Å². The molecule has 0 N–H and O–H groups in total. The molecular weight excluding hydrogens is 352 g/mol. The molecule has 29 heavy (non-hydrogen) atoms. The molecule has 2 heteroatoms. The Morgan fingerprint density at radius 1 is 0.552 bits per heavy atom. The molecule has 2 aromatic rings. The van der Waals surface area contributed by atoms with Gasteiger partial charge in [-0.3, -0.25) is 9.98 Å². The van der Waals surface area contributed by atoms with E-state index in [1.165, 1.54) is 22.3 Å². The van der Waals surface area contributed by atoms with Crippen LogP contribution >= 0.6 is 0 Å². The second-order valence-electron chi connectivity index (χ2n) is 9.05. The van der Waals surface area contributed by atoms with E-state index in [9.17, 15) is 0 Å². The van der Waals surface area contributed by atoms with E-state index >= 15 is 0 Å². The lowest BCUT2D eigenvalue weighted by Crippen LogP contribution is -1.96. The fraction of sp³-hybridized carbons (Fsp3) is 0.481. The lowest BCUT2D eigenvalue weighted by atomic mass is 9.93. The van der Waals surface area contributed by atoms with E-state index in [0.717, 1.165) is 17.8 Å². The molecule has 0 aliphatic carbocycles. The van der Waals surface area contributed by atoms with E-state index in [4.69, 9.17) is 9.98 Å². The van der Waals surface area contributed by atoms with Crippen molar-refractivity contribution in [2.24, 2.45) is 9.98 Å². The molecule has 0 bridgehead atoms. The van der Waals surface area contributed by atoms with Crippen molar-refractivity contribution < 1.29 is 0 Å². The zero-order valence-corrected chi connectivity index (χ0v) is 19.5. The molecule has 0 amide bonds. The minimum absolute atomic E-state index is 0.459. The molecule has 0 aliphatic rings. The number of rotatable bonds is 8. The second-order valence-corrected chi connectivity index (χ2v) is 9.05. The zero-order chi connectivity index (χ0) is 21.6. The standard InChI is InChI=1S/C27H38N2/c1-18(2)22-12-9-13-23(19(3)4)26(22)28-16-11-17-29-27-24(20(5)6)14-10-15-25(27)21(7)8/h9-10,12-21H,11H2,1-8H3/b28-16+,29-17+. The number of hydrogen-bond donors (Lipinski definition) is 0. The third-order valence-electron chi connectivity index (χ3n) is 5.34. The minimum atomic E-state index is 0.459. The molecule has 0 aliphatic heterocycles. The highest BCUT2D eigenvalue weighted by Gasteiger charge is 2.13. The van der Waals surface area contributed by atoms with Gasteiger partial charge < -0.3 is 0 Å². The van der Waals surface area contributed by atoms with Gasteiger partial charge in [0.2, 0.25) is 0 Å². The number of nitrogens with zero attached hydrogens (tertiary/aromatic N) is 2. The van der Waals surface area contributed by atoms with Crippen LogP contribution in [0.1, 0.15) is 108 Å². The van der Waals surface area contributed by atoms with Crippen LogP contribution in [0.4, 0.5) is 11.4 Å². The number of hydrogen-bond acceptors (Lipinski definition) is 2. The van der Waals surface area contributed by atoms with Crippen LogP contribution < -0.4 is 0 Å². The predicted octanol–water partition coefficient (Wildman–Crippen LogP) is 8.68. The average Bonchev–Trinajstić information content (AvgIpc) is 2.66. The van der Waals surface area contributed by atoms with Crippen molar-refractivity contribution in [1.29, 1.82) is 0 Å². The Hall–Kier alpha value is -2.22. The molecule has 0 spiro atoms. The topological polar surface area (TPSA) is 24.7 Å². The molecule has 0 radical (unpaired) electrons. The first kappa shape index (κ1) is 23.1. The van der Waals surface area contributed by atoms with Gasteiger partial charge in [0.15, 0.2) is 0 Å². The van der Waals surface area contributed by atoms with Gasteiger partial charge in [0.25, 0.3) is 0 Å². The van der Waals surface area contributed by atoms with Crippen molar-refractivity contribution in [3.05, 3.63) is 58.7 Å². The highest BCUT2D eigenvalue weighted by Crippen LogP contribution is 2.35. The Balaban J connectivity index is 2.28.